The van der Waals surface area contributed by atoms with Crippen LogP contribution in [0.1, 0.15) is 38.3 Å². The van der Waals surface area contributed by atoms with Crippen LogP contribution in [0.4, 0.5) is 10.1 Å². The molecule has 0 bridgehead atoms. The average Bonchev–Trinajstić information content (AvgIpc) is 2.94. The van der Waals surface area contributed by atoms with Crippen molar-refractivity contribution in [3.05, 3.63) is 95.8 Å². The fourth-order valence-electron chi connectivity index (χ4n) is 4.19. The first kappa shape index (κ1) is 31.6. The molecule has 0 fully saturated rings. The number of anilines is 1. The molecule has 0 spiro atoms. The molecule has 2 amide bonds. The number of rotatable bonds is 14. The molecule has 1 N–H and O–H groups in total. The molecule has 0 unspecified atom stereocenters. The molecule has 0 heterocycles. The van der Waals surface area contributed by atoms with E-state index < -0.39 is 34.3 Å². The maximum Gasteiger partial charge on any atom is 0.244 e. The van der Waals surface area contributed by atoms with Gasteiger partial charge >= 0.3 is 0 Å². The highest BCUT2D eigenvalue weighted by Gasteiger charge is 2.31. The Morgan fingerprint density at radius 1 is 0.927 bits per heavy atom. The van der Waals surface area contributed by atoms with Crippen LogP contribution < -0.4 is 14.4 Å². The van der Waals surface area contributed by atoms with Gasteiger partial charge in [0, 0.05) is 13.1 Å². The third kappa shape index (κ3) is 9.60. The highest BCUT2D eigenvalue weighted by Crippen LogP contribution is 2.23. The van der Waals surface area contributed by atoms with Gasteiger partial charge in [0.1, 0.15) is 30.8 Å². The molecule has 10 heteroatoms. The number of halogens is 1. The van der Waals surface area contributed by atoms with Gasteiger partial charge in [-0.15, -0.1) is 0 Å². The van der Waals surface area contributed by atoms with Crippen LogP contribution in [0.5, 0.6) is 5.75 Å². The Labute approximate surface area is 242 Å². The van der Waals surface area contributed by atoms with Gasteiger partial charge in [-0.3, -0.25) is 13.9 Å². The number of carbonyl (C=O) groups excluding carboxylic acids is 2. The number of ether oxygens (including phenoxy) is 1. The summed E-state index contributed by atoms with van der Waals surface area (Å²) in [5.74, 6) is -0.563. The maximum absolute atomic E-state index is 13.8. The Morgan fingerprint density at radius 3 is 2.12 bits per heavy atom. The second-order valence-electron chi connectivity index (χ2n) is 10.2. The van der Waals surface area contributed by atoms with Gasteiger partial charge in [-0.1, -0.05) is 63.2 Å². The van der Waals surface area contributed by atoms with E-state index in [0.717, 1.165) is 16.1 Å². The third-order valence-electron chi connectivity index (χ3n) is 6.39. The van der Waals surface area contributed by atoms with E-state index in [1.165, 1.54) is 29.2 Å². The Balaban J connectivity index is 1.84. The Bertz CT molecular complexity index is 1380. The number of sulfonamides is 1. The zero-order valence-corrected chi connectivity index (χ0v) is 24.7. The number of nitrogens with one attached hydrogen (secondary N) is 1. The van der Waals surface area contributed by atoms with Gasteiger partial charge in [0.05, 0.1) is 11.9 Å². The summed E-state index contributed by atoms with van der Waals surface area (Å²) in [5, 5.41) is 2.87. The van der Waals surface area contributed by atoms with Gasteiger partial charge in [-0.2, -0.15) is 0 Å². The molecule has 0 aliphatic rings. The summed E-state index contributed by atoms with van der Waals surface area (Å²) in [6.07, 6.45) is 1.33. The average molecular weight is 584 g/mol. The largest absolute Gasteiger partial charge is 0.489 e. The van der Waals surface area contributed by atoms with E-state index in [2.05, 4.69) is 5.32 Å². The molecule has 0 saturated heterocycles. The molecule has 3 aromatic rings. The standard InChI is InChI=1S/C31H38FN3O5S/c1-5-29(31(37)33-19-23(2)3)34(20-24-11-13-26(32)14-12-24)30(36)21-35(41(4,38)39)27-15-17-28(18-16-27)40-22-25-9-7-6-8-10-25/h6-18,23,29H,5,19-22H2,1-4H3,(H,33,37)/t29-/m1/s1. The normalized spacial score (nSPS) is 12.0. The summed E-state index contributed by atoms with van der Waals surface area (Å²) in [7, 11) is -3.87. The van der Waals surface area contributed by atoms with Crippen LogP contribution >= 0.6 is 0 Å². The fourth-order valence-corrected chi connectivity index (χ4v) is 5.04. The van der Waals surface area contributed by atoms with Crippen molar-refractivity contribution in [1.29, 1.82) is 0 Å². The van der Waals surface area contributed by atoms with Crippen LogP contribution in [0.15, 0.2) is 78.9 Å². The van der Waals surface area contributed by atoms with Gasteiger partial charge in [-0.05, 0) is 59.9 Å². The van der Waals surface area contributed by atoms with Crippen LogP contribution in [-0.2, 0) is 32.8 Å². The molecule has 41 heavy (non-hydrogen) atoms. The van der Waals surface area contributed by atoms with Crippen molar-refractivity contribution >= 4 is 27.5 Å². The minimum atomic E-state index is -3.87. The van der Waals surface area contributed by atoms with E-state index in [1.807, 2.05) is 44.2 Å². The third-order valence-corrected chi connectivity index (χ3v) is 7.53. The summed E-state index contributed by atoms with van der Waals surface area (Å²) in [5.41, 5.74) is 1.89. The monoisotopic (exact) mass is 583 g/mol. The quantitative estimate of drug-likeness (QED) is 0.296. The molecule has 0 aliphatic carbocycles. The Morgan fingerprint density at radius 2 is 1.56 bits per heavy atom. The molecule has 0 radical (unpaired) electrons. The number of amides is 2. The number of hydrogen-bond acceptors (Lipinski definition) is 5. The van der Waals surface area contributed by atoms with Crippen LogP contribution in [0.3, 0.4) is 0 Å². The minimum absolute atomic E-state index is 0.0105. The summed E-state index contributed by atoms with van der Waals surface area (Å²) in [6, 6.07) is 20.9. The van der Waals surface area contributed by atoms with Crippen molar-refractivity contribution in [3.8, 4) is 5.75 Å². The van der Waals surface area contributed by atoms with Crippen LogP contribution in [0, 0.1) is 11.7 Å². The predicted octanol–water partition coefficient (Wildman–Crippen LogP) is 4.75. The van der Waals surface area contributed by atoms with Crippen molar-refractivity contribution in [2.24, 2.45) is 5.92 Å². The Hall–Kier alpha value is -3.92. The lowest BCUT2D eigenvalue weighted by Gasteiger charge is -2.33. The van der Waals surface area contributed by atoms with E-state index in [4.69, 9.17) is 4.74 Å². The summed E-state index contributed by atoms with van der Waals surface area (Å²) >= 11 is 0. The zero-order valence-electron chi connectivity index (χ0n) is 23.9. The molecule has 0 saturated carbocycles. The lowest BCUT2D eigenvalue weighted by molar-refractivity contribution is -0.140. The second kappa shape index (κ2) is 14.6. The second-order valence-corrected chi connectivity index (χ2v) is 12.2. The number of benzene rings is 3. The van der Waals surface area contributed by atoms with Gasteiger partial charge in [0.25, 0.3) is 0 Å². The molecule has 0 aliphatic heterocycles. The highest BCUT2D eigenvalue weighted by atomic mass is 32.2. The molecule has 3 aromatic carbocycles. The van der Waals surface area contributed by atoms with E-state index in [-0.39, 0.29) is 24.1 Å². The summed E-state index contributed by atoms with van der Waals surface area (Å²) in [4.78, 5) is 28.2. The number of nitrogens with zero attached hydrogens (tertiary/aromatic N) is 2. The molecule has 8 nitrogen and oxygen atoms in total. The van der Waals surface area contributed by atoms with Crippen LogP contribution in [0.25, 0.3) is 0 Å². The lowest BCUT2D eigenvalue weighted by atomic mass is 10.1. The van der Waals surface area contributed by atoms with Crippen molar-refractivity contribution in [2.75, 3.05) is 23.7 Å². The van der Waals surface area contributed by atoms with E-state index in [1.54, 1.807) is 31.2 Å². The number of carbonyl (C=O) groups is 2. The van der Waals surface area contributed by atoms with Gasteiger partial charge in [-0.25, -0.2) is 12.8 Å². The molecular formula is C31H38FN3O5S. The lowest BCUT2D eigenvalue weighted by Crippen LogP contribution is -2.52. The first-order chi connectivity index (χ1) is 19.5. The fraction of sp³-hybridized carbons (Fsp3) is 0.355. The Kier molecular flexibility index (Phi) is 11.3. The van der Waals surface area contributed by atoms with E-state index in [0.29, 0.717) is 30.9 Å². The molecule has 0 aromatic heterocycles. The van der Waals surface area contributed by atoms with Crippen molar-refractivity contribution < 1.29 is 27.1 Å². The topological polar surface area (TPSA) is 96.0 Å². The van der Waals surface area contributed by atoms with Gasteiger partial charge in [0.15, 0.2) is 0 Å². The molecule has 1 atom stereocenters. The summed E-state index contributed by atoms with van der Waals surface area (Å²) in [6.45, 7) is 5.99. The van der Waals surface area contributed by atoms with Gasteiger partial charge < -0.3 is 15.0 Å². The van der Waals surface area contributed by atoms with Crippen molar-refractivity contribution in [2.45, 2.75) is 46.4 Å². The van der Waals surface area contributed by atoms with Gasteiger partial charge in [0.2, 0.25) is 21.8 Å². The van der Waals surface area contributed by atoms with Crippen molar-refractivity contribution in [3.63, 3.8) is 0 Å². The predicted molar refractivity (Wildman–Crippen MR) is 158 cm³/mol. The molecule has 3 rings (SSSR count). The number of hydrogen-bond donors (Lipinski definition) is 1. The van der Waals surface area contributed by atoms with E-state index >= 15 is 0 Å². The highest BCUT2D eigenvalue weighted by molar-refractivity contribution is 7.92. The molecular weight excluding hydrogens is 545 g/mol. The molecule has 220 valence electrons. The summed E-state index contributed by atoms with van der Waals surface area (Å²) < 4.78 is 46.0. The SMILES string of the molecule is CC[C@H](C(=O)NCC(C)C)N(Cc1ccc(F)cc1)C(=O)CN(c1ccc(OCc2ccccc2)cc1)S(C)(=O)=O. The van der Waals surface area contributed by atoms with Crippen LogP contribution in [0.2, 0.25) is 0 Å². The first-order valence-electron chi connectivity index (χ1n) is 13.5. The maximum atomic E-state index is 13.8. The van der Waals surface area contributed by atoms with E-state index in [9.17, 15) is 22.4 Å². The van der Waals surface area contributed by atoms with Crippen LogP contribution in [-0.4, -0.2) is 50.5 Å². The first-order valence-corrected chi connectivity index (χ1v) is 15.4. The smallest absolute Gasteiger partial charge is 0.244 e. The zero-order chi connectivity index (χ0) is 30.0. The van der Waals surface area contributed by atoms with Crippen molar-refractivity contribution in [1.82, 2.24) is 10.2 Å². The minimum Gasteiger partial charge on any atom is -0.489 e.